The lowest BCUT2D eigenvalue weighted by Gasteiger charge is -2.35. The van der Waals surface area contributed by atoms with Crippen molar-refractivity contribution in [2.75, 3.05) is 32.8 Å². The lowest BCUT2D eigenvalue weighted by molar-refractivity contribution is -0.144. The topological polar surface area (TPSA) is 110 Å². The van der Waals surface area contributed by atoms with Crippen LogP contribution in [0, 0.1) is 5.92 Å². The van der Waals surface area contributed by atoms with E-state index in [9.17, 15) is 14.4 Å². The summed E-state index contributed by atoms with van der Waals surface area (Å²) in [4.78, 5) is 37.3. The Kier molecular flexibility index (Phi) is 3.89. The molecule has 0 bridgehead atoms. The number of carboxylic acid groups (broad SMARTS) is 1. The first-order valence-electron chi connectivity index (χ1n) is 6.19. The van der Waals surface area contributed by atoms with Gasteiger partial charge in [-0.25, -0.2) is 9.59 Å². The average molecular weight is 271 g/mol. The van der Waals surface area contributed by atoms with Gasteiger partial charge in [0.2, 0.25) is 5.91 Å². The van der Waals surface area contributed by atoms with Crippen molar-refractivity contribution in [1.29, 1.82) is 0 Å². The van der Waals surface area contributed by atoms with E-state index < -0.39 is 18.0 Å². The van der Waals surface area contributed by atoms with Crippen molar-refractivity contribution in [3.63, 3.8) is 0 Å². The molecule has 2 aliphatic heterocycles. The molecule has 2 atom stereocenters. The van der Waals surface area contributed by atoms with Gasteiger partial charge >= 0.3 is 12.0 Å². The number of carbonyl (C=O) groups excluding carboxylic acids is 2. The maximum atomic E-state index is 12.2. The molecule has 2 heterocycles. The highest BCUT2D eigenvalue weighted by Gasteiger charge is 2.38. The number of hydrogen-bond donors (Lipinski definition) is 3. The second-order valence-electron chi connectivity index (χ2n) is 4.85. The van der Waals surface area contributed by atoms with Crippen LogP contribution in [0.1, 0.15) is 6.42 Å². The lowest BCUT2D eigenvalue weighted by atomic mass is 10.1. The van der Waals surface area contributed by atoms with Crippen molar-refractivity contribution in [1.82, 2.24) is 15.1 Å². The number of carbonyl (C=O) groups is 3. The third kappa shape index (κ3) is 2.78. The third-order valence-corrected chi connectivity index (χ3v) is 3.53. The molecule has 8 heteroatoms. The standard InChI is InChI=1S/C11H17N3O5/c15-6-7-1-2-13(4-7)11(19)14-5-9(16)12-3-8(14)10(17)18/h7-8,15H,1-6H2,(H,12,16)(H,17,18). The fourth-order valence-corrected chi connectivity index (χ4v) is 2.40. The minimum atomic E-state index is -1.13. The van der Waals surface area contributed by atoms with Crippen LogP contribution in [0.3, 0.4) is 0 Å². The maximum Gasteiger partial charge on any atom is 0.328 e. The largest absolute Gasteiger partial charge is 0.480 e. The second-order valence-corrected chi connectivity index (χ2v) is 4.85. The summed E-state index contributed by atoms with van der Waals surface area (Å²) in [5, 5.41) is 20.6. The average Bonchev–Trinajstić information content (AvgIpc) is 2.86. The fourth-order valence-electron chi connectivity index (χ4n) is 2.40. The van der Waals surface area contributed by atoms with Crippen LogP contribution in [-0.4, -0.2) is 76.7 Å². The van der Waals surface area contributed by atoms with Gasteiger partial charge in [0, 0.05) is 32.2 Å². The SMILES string of the molecule is O=C1CN(C(=O)N2CCC(CO)C2)C(C(=O)O)CN1. The summed E-state index contributed by atoms with van der Waals surface area (Å²) in [5.74, 6) is -1.46. The van der Waals surface area contributed by atoms with Gasteiger partial charge < -0.3 is 20.4 Å². The van der Waals surface area contributed by atoms with Crippen LogP contribution in [0.25, 0.3) is 0 Å². The summed E-state index contributed by atoms with van der Waals surface area (Å²) in [7, 11) is 0. The number of amides is 3. The smallest absolute Gasteiger partial charge is 0.328 e. The molecular weight excluding hydrogens is 254 g/mol. The minimum absolute atomic E-state index is 0.00657. The Morgan fingerprint density at radius 2 is 2.16 bits per heavy atom. The first kappa shape index (κ1) is 13.6. The van der Waals surface area contributed by atoms with E-state index in [4.69, 9.17) is 10.2 Å². The number of nitrogens with one attached hydrogen (secondary N) is 1. The van der Waals surface area contributed by atoms with Crippen molar-refractivity contribution < 1.29 is 24.6 Å². The van der Waals surface area contributed by atoms with Crippen molar-refractivity contribution >= 4 is 17.9 Å². The Morgan fingerprint density at radius 1 is 1.42 bits per heavy atom. The number of aliphatic carboxylic acids is 1. The highest BCUT2D eigenvalue weighted by molar-refractivity contribution is 5.90. The van der Waals surface area contributed by atoms with Gasteiger partial charge in [0.1, 0.15) is 12.6 Å². The van der Waals surface area contributed by atoms with Gasteiger partial charge in [0.05, 0.1) is 0 Å². The molecule has 0 aromatic carbocycles. The molecule has 2 fully saturated rings. The van der Waals surface area contributed by atoms with E-state index >= 15 is 0 Å². The molecule has 19 heavy (non-hydrogen) atoms. The number of nitrogens with zero attached hydrogens (tertiary/aromatic N) is 2. The maximum absolute atomic E-state index is 12.2. The molecule has 8 nitrogen and oxygen atoms in total. The van der Waals surface area contributed by atoms with Crippen LogP contribution >= 0.6 is 0 Å². The summed E-state index contributed by atoms with van der Waals surface area (Å²) < 4.78 is 0. The summed E-state index contributed by atoms with van der Waals surface area (Å²) >= 11 is 0. The number of hydrogen-bond acceptors (Lipinski definition) is 4. The normalized spacial score (nSPS) is 27.3. The van der Waals surface area contributed by atoms with Crippen LogP contribution in [-0.2, 0) is 9.59 Å². The van der Waals surface area contributed by atoms with Gasteiger partial charge in [-0.05, 0) is 6.42 Å². The van der Waals surface area contributed by atoms with E-state index in [0.717, 1.165) is 4.90 Å². The quantitative estimate of drug-likeness (QED) is 0.555. The predicted octanol–water partition coefficient (Wildman–Crippen LogP) is -1.69. The molecule has 0 aliphatic carbocycles. The van der Waals surface area contributed by atoms with Gasteiger partial charge in [-0.15, -0.1) is 0 Å². The molecule has 0 saturated carbocycles. The fraction of sp³-hybridized carbons (Fsp3) is 0.727. The Labute approximate surface area is 110 Å². The first-order valence-corrected chi connectivity index (χ1v) is 6.19. The van der Waals surface area contributed by atoms with Crippen LogP contribution in [0.5, 0.6) is 0 Å². The monoisotopic (exact) mass is 271 g/mol. The van der Waals surface area contributed by atoms with E-state index in [1.54, 1.807) is 0 Å². The van der Waals surface area contributed by atoms with Crippen LogP contribution in [0.2, 0.25) is 0 Å². The molecule has 0 radical (unpaired) electrons. The van der Waals surface area contributed by atoms with Crippen molar-refractivity contribution in [2.45, 2.75) is 12.5 Å². The van der Waals surface area contributed by atoms with Gasteiger partial charge in [0.25, 0.3) is 0 Å². The third-order valence-electron chi connectivity index (χ3n) is 3.53. The van der Waals surface area contributed by atoms with E-state index in [0.29, 0.717) is 19.5 Å². The molecule has 2 unspecified atom stereocenters. The van der Waals surface area contributed by atoms with Crippen LogP contribution in [0.15, 0.2) is 0 Å². The zero-order valence-electron chi connectivity index (χ0n) is 10.4. The minimum Gasteiger partial charge on any atom is -0.480 e. The summed E-state index contributed by atoms with van der Waals surface area (Å²) in [6.45, 7) is 0.578. The van der Waals surface area contributed by atoms with Crippen LogP contribution in [0.4, 0.5) is 4.79 Å². The van der Waals surface area contributed by atoms with E-state index in [-0.39, 0.29) is 31.5 Å². The molecule has 2 saturated heterocycles. The number of likely N-dealkylation sites (tertiary alicyclic amines) is 1. The second kappa shape index (κ2) is 5.43. The number of aliphatic hydroxyl groups is 1. The van der Waals surface area contributed by atoms with Crippen molar-refractivity contribution in [2.24, 2.45) is 5.92 Å². The number of rotatable bonds is 2. The Morgan fingerprint density at radius 3 is 2.74 bits per heavy atom. The van der Waals surface area contributed by atoms with E-state index in [1.165, 1.54) is 4.90 Å². The Hall–Kier alpha value is -1.83. The number of aliphatic hydroxyl groups excluding tert-OH is 1. The zero-order chi connectivity index (χ0) is 14.0. The molecular formula is C11H17N3O5. The zero-order valence-corrected chi connectivity index (χ0v) is 10.4. The predicted molar refractivity (Wildman–Crippen MR) is 63.3 cm³/mol. The number of piperazine rings is 1. The molecule has 106 valence electrons. The number of carboxylic acids is 1. The highest BCUT2D eigenvalue weighted by Crippen LogP contribution is 2.18. The van der Waals surface area contributed by atoms with E-state index in [2.05, 4.69) is 5.32 Å². The van der Waals surface area contributed by atoms with Crippen molar-refractivity contribution in [3.8, 4) is 0 Å². The van der Waals surface area contributed by atoms with Gasteiger partial charge in [-0.2, -0.15) is 0 Å². The first-order chi connectivity index (χ1) is 9.02. The Balaban J connectivity index is 2.06. The van der Waals surface area contributed by atoms with Gasteiger partial charge in [0.15, 0.2) is 0 Å². The summed E-state index contributed by atoms with van der Waals surface area (Å²) in [5.41, 5.74) is 0. The van der Waals surface area contributed by atoms with E-state index in [1.807, 2.05) is 0 Å². The van der Waals surface area contributed by atoms with Crippen molar-refractivity contribution in [3.05, 3.63) is 0 Å². The molecule has 0 spiro atoms. The molecule has 3 N–H and O–H groups in total. The van der Waals surface area contributed by atoms with Gasteiger partial charge in [-0.3, -0.25) is 9.69 Å². The molecule has 3 amide bonds. The molecule has 2 aliphatic rings. The lowest BCUT2D eigenvalue weighted by Crippen LogP contribution is -2.61. The highest BCUT2D eigenvalue weighted by atomic mass is 16.4. The molecule has 0 aromatic heterocycles. The summed E-state index contributed by atoms with van der Waals surface area (Å²) in [6.07, 6.45) is 0.694. The van der Waals surface area contributed by atoms with Crippen LogP contribution < -0.4 is 5.32 Å². The molecule has 2 rings (SSSR count). The summed E-state index contributed by atoms with van der Waals surface area (Å²) in [6, 6.07) is -1.48. The number of urea groups is 1. The van der Waals surface area contributed by atoms with Gasteiger partial charge in [-0.1, -0.05) is 0 Å². The molecule has 0 aromatic rings. The Bertz CT molecular complexity index is 400.